The molecule has 0 spiro atoms. The molecule has 5 aromatic rings. The molecule has 3 aromatic carbocycles. The number of pyridine rings is 1. The average Bonchev–Trinajstić information content (AvgIpc) is 3.33. The average molecular weight is 642 g/mol. The predicted molar refractivity (Wildman–Crippen MR) is 134 cm³/mol. The zero-order valence-corrected chi connectivity index (χ0v) is 22.3. The minimum atomic E-state index is -1.01. The number of carboxylic acid groups (broad SMARTS) is 1. The van der Waals surface area contributed by atoms with E-state index >= 15 is 0 Å². The van der Waals surface area contributed by atoms with Crippen molar-refractivity contribution in [3.8, 4) is 22.4 Å². The third-order valence-corrected chi connectivity index (χ3v) is 6.15. The van der Waals surface area contributed by atoms with Crippen molar-refractivity contribution >= 4 is 16.9 Å². The molecule has 5 rings (SSSR count). The van der Waals surface area contributed by atoms with Gasteiger partial charge in [0.2, 0.25) is 0 Å². The van der Waals surface area contributed by atoms with Gasteiger partial charge in [-0.05, 0) is 73.2 Å². The van der Waals surface area contributed by atoms with Crippen LogP contribution in [0.25, 0.3) is 33.4 Å². The Bertz CT molecular complexity index is 1460. The normalized spacial score (nSPS) is 10.3. The van der Waals surface area contributed by atoms with Crippen LogP contribution in [0.2, 0.25) is 0 Å². The van der Waals surface area contributed by atoms with Crippen LogP contribution in [0.5, 0.6) is 0 Å². The van der Waals surface area contributed by atoms with Gasteiger partial charge < -0.3 is 9.63 Å². The Morgan fingerprint density at radius 3 is 2.20 bits per heavy atom. The first-order valence-electron chi connectivity index (χ1n) is 11.0. The molecule has 0 bridgehead atoms. The summed E-state index contributed by atoms with van der Waals surface area (Å²) in [6.45, 7) is 8.51. The fraction of sp³-hybridized carbons (Fsp3) is 0.138. The zero-order chi connectivity index (χ0) is 24.2. The van der Waals surface area contributed by atoms with E-state index < -0.39 is 5.97 Å². The van der Waals surface area contributed by atoms with Crippen LogP contribution in [-0.4, -0.2) is 21.2 Å². The summed E-state index contributed by atoms with van der Waals surface area (Å²) >= 11 is 0. The van der Waals surface area contributed by atoms with Gasteiger partial charge in [0.1, 0.15) is 5.69 Å². The first-order valence-corrected chi connectivity index (χ1v) is 11.0. The van der Waals surface area contributed by atoms with Gasteiger partial charge in [0, 0.05) is 37.4 Å². The summed E-state index contributed by atoms with van der Waals surface area (Å²) in [6.07, 6.45) is 1.51. The Morgan fingerprint density at radius 2 is 1.54 bits per heavy atom. The number of fused-ring (bicyclic) bond motifs is 1. The Hall–Kier alpha value is -3.60. The van der Waals surface area contributed by atoms with Crippen molar-refractivity contribution in [1.82, 2.24) is 10.1 Å². The maximum Gasteiger partial charge on any atom is 0.354 e. The molecule has 0 aliphatic carbocycles. The van der Waals surface area contributed by atoms with Gasteiger partial charge in [0.25, 0.3) is 0 Å². The molecular formula is C29H25IrN2O3-. The number of benzene rings is 3. The van der Waals surface area contributed by atoms with Gasteiger partial charge in [0.05, 0.1) is 0 Å². The van der Waals surface area contributed by atoms with Crippen molar-refractivity contribution in [2.45, 2.75) is 27.7 Å². The molecule has 2 aromatic heterocycles. The monoisotopic (exact) mass is 642 g/mol. The van der Waals surface area contributed by atoms with Gasteiger partial charge in [-0.2, -0.15) is 0 Å². The molecule has 6 heteroatoms. The molecule has 179 valence electrons. The summed E-state index contributed by atoms with van der Waals surface area (Å²) in [7, 11) is 0. The first kappa shape index (κ1) is 26.0. The van der Waals surface area contributed by atoms with Gasteiger partial charge in [-0.25, -0.2) is 9.78 Å². The van der Waals surface area contributed by atoms with E-state index in [2.05, 4.69) is 43.9 Å². The SMILES string of the molecule is Cc1c(C)c(C)c2c(-c3[c-]cccc3)noc2c1C.O=C(O)c1cc(-c2ccccc2)ccn1.[Ir]. The second-order valence-corrected chi connectivity index (χ2v) is 8.11. The standard InChI is InChI=1S/C17H16NO.C12H9NO2.Ir/c1-10-11(2)13(4)17-15(12(10)3)16(18-19-17)14-8-6-5-7-9-14;14-12(15)11-8-10(6-7-13-11)9-4-2-1-3-5-9;/h5-8H,1-4H3;1-8H,(H,14,15);/q-1;;. The molecule has 0 fully saturated rings. The van der Waals surface area contributed by atoms with Crippen LogP contribution in [0.1, 0.15) is 32.7 Å². The molecule has 1 N–H and O–H groups in total. The second-order valence-electron chi connectivity index (χ2n) is 8.11. The van der Waals surface area contributed by atoms with Gasteiger partial charge >= 0.3 is 5.97 Å². The van der Waals surface area contributed by atoms with Gasteiger partial charge in [-0.1, -0.05) is 30.3 Å². The maximum absolute atomic E-state index is 10.7. The molecule has 0 aliphatic rings. The Kier molecular flexibility index (Phi) is 8.34. The Morgan fingerprint density at radius 1 is 0.857 bits per heavy atom. The molecule has 0 saturated carbocycles. The molecule has 1 radical (unpaired) electrons. The van der Waals surface area contributed by atoms with Crippen LogP contribution in [0, 0.1) is 33.8 Å². The van der Waals surface area contributed by atoms with E-state index in [0.29, 0.717) is 0 Å². The second kappa shape index (κ2) is 11.2. The third-order valence-electron chi connectivity index (χ3n) is 6.15. The van der Waals surface area contributed by atoms with Gasteiger partial charge in [-0.15, -0.1) is 41.1 Å². The van der Waals surface area contributed by atoms with E-state index in [4.69, 9.17) is 9.63 Å². The summed E-state index contributed by atoms with van der Waals surface area (Å²) in [5.41, 5.74) is 9.69. The van der Waals surface area contributed by atoms with E-state index in [9.17, 15) is 4.79 Å². The van der Waals surface area contributed by atoms with Crippen molar-refractivity contribution in [1.29, 1.82) is 0 Å². The van der Waals surface area contributed by atoms with Crippen LogP contribution in [0.4, 0.5) is 0 Å². The molecule has 0 aliphatic heterocycles. The Balaban J connectivity index is 0.000000195. The molecule has 0 unspecified atom stereocenters. The molecule has 5 nitrogen and oxygen atoms in total. The van der Waals surface area contributed by atoms with E-state index in [0.717, 1.165) is 33.4 Å². The summed E-state index contributed by atoms with van der Waals surface area (Å²) in [4.78, 5) is 14.5. The van der Waals surface area contributed by atoms with Crippen molar-refractivity contribution in [2.24, 2.45) is 0 Å². The van der Waals surface area contributed by atoms with Crippen molar-refractivity contribution in [3.63, 3.8) is 0 Å². The van der Waals surface area contributed by atoms with E-state index in [1.807, 2.05) is 54.6 Å². The number of hydrogen-bond donors (Lipinski definition) is 1. The minimum absolute atomic E-state index is 0. The summed E-state index contributed by atoms with van der Waals surface area (Å²) in [6, 6.07) is 24.1. The van der Waals surface area contributed by atoms with Gasteiger partial charge in [0.15, 0.2) is 5.58 Å². The van der Waals surface area contributed by atoms with Crippen LogP contribution < -0.4 is 0 Å². The van der Waals surface area contributed by atoms with Crippen molar-refractivity contribution < 1.29 is 34.5 Å². The summed E-state index contributed by atoms with van der Waals surface area (Å²) < 4.78 is 5.58. The maximum atomic E-state index is 10.7. The van der Waals surface area contributed by atoms with E-state index in [-0.39, 0.29) is 25.8 Å². The van der Waals surface area contributed by atoms with Crippen LogP contribution >= 0.6 is 0 Å². The number of nitrogens with zero attached hydrogens (tertiary/aromatic N) is 2. The van der Waals surface area contributed by atoms with Crippen LogP contribution in [0.15, 0.2) is 77.4 Å². The van der Waals surface area contributed by atoms with Crippen LogP contribution in [-0.2, 0) is 20.1 Å². The largest absolute Gasteiger partial charge is 0.477 e. The van der Waals surface area contributed by atoms with Crippen molar-refractivity contribution in [3.05, 3.63) is 107 Å². The third kappa shape index (κ3) is 5.40. The molecule has 0 saturated heterocycles. The zero-order valence-electron chi connectivity index (χ0n) is 19.9. The number of aromatic carboxylic acids is 1. The first-order chi connectivity index (χ1) is 16.4. The number of aromatic nitrogens is 2. The quantitative estimate of drug-likeness (QED) is 0.215. The Labute approximate surface area is 218 Å². The number of carbonyl (C=O) groups is 1. The number of rotatable bonds is 3. The molecule has 35 heavy (non-hydrogen) atoms. The smallest absolute Gasteiger partial charge is 0.354 e. The summed E-state index contributed by atoms with van der Waals surface area (Å²) in [5, 5.41) is 14.2. The van der Waals surface area contributed by atoms with Crippen molar-refractivity contribution in [2.75, 3.05) is 0 Å². The number of carboxylic acids is 1. The molecule has 2 heterocycles. The fourth-order valence-electron chi connectivity index (χ4n) is 3.90. The topological polar surface area (TPSA) is 76.2 Å². The molecule has 0 atom stereocenters. The predicted octanol–water partition coefficient (Wildman–Crippen LogP) is 6.97. The molecular weight excluding hydrogens is 617 g/mol. The number of hydrogen-bond acceptors (Lipinski definition) is 4. The summed E-state index contributed by atoms with van der Waals surface area (Å²) in [5.74, 6) is -1.01. The molecule has 0 amide bonds. The number of aryl methyl sites for hydroxylation is 2. The van der Waals surface area contributed by atoms with Gasteiger partial charge in [-0.3, -0.25) is 0 Å². The van der Waals surface area contributed by atoms with Crippen LogP contribution in [0.3, 0.4) is 0 Å². The van der Waals surface area contributed by atoms with E-state index in [1.165, 1.54) is 28.5 Å². The minimum Gasteiger partial charge on any atom is -0.477 e. The van der Waals surface area contributed by atoms with E-state index in [1.54, 1.807) is 12.1 Å². The fourth-order valence-corrected chi connectivity index (χ4v) is 3.90.